The zero-order chi connectivity index (χ0) is 12.1. The Kier molecular flexibility index (Phi) is 4.23. The summed E-state index contributed by atoms with van der Waals surface area (Å²) in [5.74, 6) is -0.554. The fourth-order valence-corrected chi connectivity index (χ4v) is 1.44. The van der Waals surface area contributed by atoms with Crippen LogP contribution in [0.5, 0.6) is 0 Å². The predicted molar refractivity (Wildman–Crippen MR) is 61.6 cm³/mol. The van der Waals surface area contributed by atoms with E-state index in [-0.39, 0.29) is 11.7 Å². The minimum Gasteiger partial charge on any atom is -0.465 e. The van der Waals surface area contributed by atoms with E-state index in [1.54, 1.807) is 24.3 Å². The third kappa shape index (κ3) is 2.48. The van der Waals surface area contributed by atoms with Crippen LogP contribution in [0.2, 0.25) is 0 Å². The summed E-state index contributed by atoms with van der Waals surface area (Å²) in [6.45, 7) is 3.81. The molecule has 0 bridgehead atoms. The first kappa shape index (κ1) is 12.4. The van der Waals surface area contributed by atoms with Gasteiger partial charge in [0.05, 0.1) is 12.7 Å². The van der Waals surface area contributed by atoms with Crippen molar-refractivity contribution in [1.82, 2.24) is 0 Å². The number of hydrogen-bond donors (Lipinski definition) is 0. The molecule has 0 amide bonds. The third-order valence-electron chi connectivity index (χ3n) is 2.66. The van der Waals surface area contributed by atoms with E-state index in [9.17, 15) is 9.59 Å². The Labute approximate surface area is 95.4 Å². The molecular formula is C13H16O3. The van der Waals surface area contributed by atoms with Gasteiger partial charge in [-0.3, -0.25) is 4.79 Å². The molecule has 0 radical (unpaired) electrons. The molecule has 0 aliphatic carbocycles. The molecule has 0 fully saturated rings. The third-order valence-corrected chi connectivity index (χ3v) is 2.66. The Hall–Kier alpha value is -1.64. The molecule has 3 heteroatoms. The van der Waals surface area contributed by atoms with Crippen LogP contribution in [0.4, 0.5) is 0 Å². The SMILES string of the molecule is CCC(C)C(=O)c1ccccc1C(=O)OC. The number of ether oxygens (including phenoxy) is 1. The molecule has 0 saturated carbocycles. The van der Waals surface area contributed by atoms with Gasteiger partial charge in [0.25, 0.3) is 0 Å². The average Bonchev–Trinajstić information content (AvgIpc) is 2.35. The standard InChI is InChI=1S/C13H16O3/c1-4-9(2)12(14)10-7-5-6-8-11(10)13(15)16-3/h5-9H,4H2,1-3H3. The number of methoxy groups -OCH3 is 1. The molecule has 86 valence electrons. The van der Waals surface area contributed by atoms with E-state index in [1.807, 2.05) is 13.8 Å². The minimum atomic E-state index is -0.466. The fraction of sp³-hybridized carbons (Fsp3) is 0.385. The molecule has 0 N–H and O–H groups in total. The van der Waals surface area contributed by atoms with Gasteiger partial charge >= 0.3 is 5.97 Å². The highest BCUT2D eigenvalue weighted by molar-refractivity contribution is 6.07. The Morgan fingerprint density at radius 2 is 1.81 bits per heavy atom. The molecule has 0 aliphatic heterocycles. The van der Waals surface area contributed by atoms with Crippen LogP contribution in [-0.2, 0) is 4.74 Å². The van der Waals surface area contributed by atoms with Crippen molar-refractivity contribution in [2.24, 2.45) is 5.92 Å². The van der Waals surface area contributed by atoms with E-state index < -0.39 is 5.97 Å². The van der Waals surface area contributed by atoms with Gasteiger partial charge in [-0.05, 0) is 12.5 Å². The van der Waals surface area contributed by atoms with Crippen LogP contribution in [0.1, 0.15) is 41.0 Å². The lowest BCUT2D eigenvalue weighted by atomic mass is 9.94. The summed E-state index contributed by atoms with van der Waals surface area (Å²) in [5.41, 5.74) is 0.791. The summed E-state index contributed by atoms with van der Waals surface area (Å²) in [5, 5.41) is 0. The van der Waals surface area contributed by atoms with E-state index >= 15 is 0 Å². The summed E-state index contributed by atoms with van der Waals surface area (Å²) >= 11 is 0. The number of Topliss-reactive ketones (excluding diaryl/α,β-unsaturated/α-hetero) is 1. The maximum atomic E-state index is 12.0. The number of rotatable bonds is 4. The Morgan fingerprint density at radius 3 is 2.31 bits per heavy atom. The zero-order valence-corrected chi connectivity index (χ0v) is 9.82. The number of ketones is 1. The highest BCUT2D eigenvalue weighted by Gasteiger charge is 2.20. The van der Waals surface area contributed by atoms with Gasteiger partial charge in [0.1, 0.15) is 0 Å². The molecule has 16 heavy (non-hydrogen) atoms. The monoisotopic (exact) mass is 220 g/mol. The van der Waals surface area contributed by atoms with Crippen LogP contribution in [-0.4, -0.2) is 18.9 Å². The van der Waals surface area contributed by atoms with Gasteiger partial charge in [-0.2, -0.15) is 0 Å². The van der Waals surface area contributed by atoms with E-state index in [2.05, 4.69) is 4.74 Å². The van der Waals surface area contributed by atoms with Crippen LogP contribution < -0.4 is 0 Å². The quantitative estimate of drug-likeness (QED) is 0.578. The average molecular weight is 220 g/mol. The maximum absolute atomic E-state index is 12.0. The largest absolute Gasteiger partial charge is 0.465 e. The van der Waals surface area contributed by atoms with Crippen LogP contribution in [0.3, 0.4) is 0 Å². The molecule has 1 rings (SSSR count). The number of benzene rings is 1. The van der Waals surface area contributed by atoms with Crippen molar-refractivity contribution < 1.29 is 14.3 Å². The topological polar surface area (TPSA) is 43.4 Å². The Morgan fingerprint density at radius 1 is 1.25 bits per heavy atom. The van der Waals surface area contributed by atoms with Crippen molar-refractivity contribution in [3.05, 3.63) is 35.4 Å². The highest BCUT2D eigenvalue weighted by Crippen LogP contribution is 2.16. The van der Waals surface area contributed by atoms with Gasteiger partial charge < -0.3 is 4.74 Å². The number of carbonyl (C=O) groups excluding carboxylic acids is 2. The first-order valence-electron chi connectivity index (χ1n) is 5.33. The molecule has 1 atom stereocenters. The Balaban J connectivity index is 3.13. The molecule has 0 saturated heterocycles. The molecule has 0 heterocycles. The van der Waals surface area contributed by atoms with Gasteiger partial charge in [0.15, 0.2) is 5.78 Å². The van der Waals surface area contributed by atoms with Gasteiger partial charge in [-0.15, -0.1) is 0 Å². The second-order valence-corrected chi connectivity index (χ2v) is 3.71. The van der Waals surface area contributed by atoms with Gasteiger partial charge in [0, 0.05) is 11.5 Å². The highest BCUT2D eigenvalue weighted by atomic mass is 16.5. The fourth-order valence-electron chi connectivity index (χ4n) is 1.44. The Bertz CT molecular complexity index is 396. The molecular weight excluding hydrogens is 204 g/mol. The molecule has 1 unspecified atom stereocenters. The lowest BCUT2D eigenvalue weighted by Gasteiger charge is -2.10. The van der Waals surface area contributed by atoms with Crippen LogP contribution in [0.15, 0.2) is 24.3 Å². The van der Waals surface area contributed by atoms with Gasteiger partial charge in [-0.1, -0.05) is 32.0 Å². The van der Waals surface area contributed by atoms with Crippen LogP contribution in [0, 0.1) is 5.92 Å². The van der Waals surface area contributed by atoms with Crippen molar-refractivity contribution in [2.45, 2.75) is 20.3 Å². The van der Waals surface area contributed by atoms with Gasteiger partial charge in [-0.25, -0.2) is 4.79 Å². The van der Waals surface area contributed by atoms with Crippen LogP contribution in [0.25, 0.3) is 0 Å². The predicted octanol–water partition coefficient (Wildman–Crippen LogP) is 2.70. The summed E-state index contributed by atoms with van der Waals surface area (Å²) in [4.78, 5) is 23.5. The van der Waals surface area contributed by atoms with E-state index in [0.717, 1.165) is 6.42 Å². The second-order valence-electron chi connectivity index (χ2n) is 3.71. The normalized spacial score (nSPS) is 11.9. The zero-order valence-electron chi connectivity index (χ0n) is 9.82. The maximum Gasteiger partial charge on any atom is 0.338 e. The molecule has 1 aromatic carbocycles. The molecule has 0 aromatic heterocycles. The summed E-state index contributed by atoms with van der Waals surface area (Å²) in [6, 6.07) is 6.75. The van der Waals surface area contributed by atoms with E-state index in [0.29, 0.717) is 11.1 Å². The first-order valence-corrected chi connectivity index (χ1v) is 5.33. The van der Waals surface area contributed by atoms with Crippen molar-refractivity contribution in [1.29, 1.82) is 0 Å². The minimum absolute atomic E-state index is 0.0106. The second kappa shape index (κ2) is 5.45. The van der Waals surface area contributed by atoms with Crippen molar-refractivity contribution in [3.63, 3.8) is 0 Å². The molecule has 0 spiro atoms. The number of hydrogen-bond acceptors (Lipinski definition) is 3. The van der Waals surface area contributed by atoms with Crippen molar-refractivity contribution in [2.75, 3.05) is 7.11 Å². The smallest absolute Gasteiger partial charge is 0.338 e. The summed E-state index contributed by atoms with van der Waals surface area (Å²) < 4.78 is 4.65. The summed E-state index contributed by atoms with van der Waals surface area (Å²) in [7, 11) is 1.31. The molecule has 1 aromatic rings. The van der Waals surface area contributed by atoms with Crippen LogP contribution >= 0.6 is 0 Å². The van der Waals surface area contributed by atoms with Crippen molar-refractivity contribution in [3.8, 4) is 0 Å². The number of carbonyl (C=O) groups is 2. The lowest BCUT2D eigenvalue weighted by molar-refractivity contribution is 0.0596. The van der Waals surface area contributed by atoms with Gasteiger partial charge in [0.2, 0.25) is 0 Å². The molecule has 3 nitrogen and oxygen atoms in total. The first-order chi connectivity index (χ1) is 7.61. The van der Waals surface area contributed by atoms with Crippen molar-refractivity contribution >= 4 is 11.8 Å². The summed E-state index contributed by atoms with van der Waals surface area (Å²) in [6.07, 6.45) is 0.758. The lowest BCUT2D eigenvalue weighted by Crippen LogP contribution is -2.15. The van der Waals surface area contributed by atoms with E-state index in [1.165, 1.54) is 7.11 Å². The molecule has 0 aliphatic rings. The van der Waals surface area contributed by atoms with E-state index in [4.69, 9.17) is 0 Å². The number of esters is 1.